The molecule has 108 valence electrons. The number of hydrogen-bond acceptors (Lipinski definition) is 4. The van der Waals surface area contributed by atoms with Crippen LogP contribution >= 0.6 is 27.5 Å². The molecule has 21 heavy (non-hydrogen) atoms. The Bertz CT molecular complexity index is 686. The Balaban J connectivity index is 2.21. The Kier molecular flexibility index (Phi) is 5.43. The smallest absolute Gasteiger partial charge is 0.180 e. The number of nitriles is 1. The highest BCUT2D eigenvalue weighted by molar-refractivity contribution is 9.08. The van der Waals surface area contributed by atoms with Crippen LogP contribution in [-0.4, -0.2) is 12.1 Å². The fraction of sp³-hybridized carbons (Fsp3) is 0.200. The zero-order chi connectivity index (χ0) is 15.2. The van der Waals surface area contributed by atoms with Crippen molar-refractivity contribution in [1.29, 1.82) is 5.26 Å². The number of ether oxygens (including phenoxy) is 2. The van der Waals surface area contributed by atoms with Gasteiger partial charge in [0.1, 0.15) is 18.4 Å². The standard InChI is InChI=1S/C15H12BrClN2O2/c1-20-14-6-11(7-16)5-13(17)15(14)21-9-10-2-3-19-12(4-10)8-18/h2-6H,7,9H2,1H3. The summed E-state index contributed by atoms with van der Waals surface area (Å²) in [6, 6.07) is 9.14. The van der Waals surface area contributed by atoms with E-state index in [1.165, 1.54) is 0 Å². The van der Waals surface area contributed by atoms with Crippen LogP contribution in [0.2, 0.25) is 5.02 Å². The predicted molar refractivity (Wildman–Crippen MR) is 83.9 cm³/mol. The number of pyridine rings is 1. The molecule has 1 aromatic carbocycles. The lowest BCUT2D eigenvalue weighted by Gasteiger charge is -2.13. The number of rotatable bonds is 5. The van der Waals surface area contributed by atoms with Gasteiger partial charge < -0.3 is 9.47 Å². The third-order valence-electron chi connectivity index (χ3n) is 2.77. The second-order valence-corrected chi connectivity index (χ2v) is 5.16. The molecule has 0 saturated carbocycles. The molecule has 6 heteroatoms. The van der Waals surface area contributed by atoms with Crippen LogP contribution in [-0.2, 0) is 11.9 Å². The number of aromatic nitrogens is 1. The maximum Gasteiger partial charge on any atom is 0.180 e. The quantitative estimate of drug-likeness (QED) is 0.747. The summed E-state index contributed by atoms with van der Waals surface area (Å²) < 4.78 is 11.0. The maximum atomic E-state index is 8.83. The SMILES string of the molecule is COc1cc(CBr)cc(Cl)c1OCc1ccnc(C#N)c1. The van der Waals surface area contributed by atoms with E-state index in [1.54, 1.807) is 25.4 Å². The van der Waals surface area contributed by atoms with Crippen molar-refractivity contribution in [3.05, 3.63) is 52.3 Å². The Hall–Kier alpha value is -1.77. The van der Waals surface area contributed by atoms with Gasteiger partial charge in [-0.2, -0.15) is 5.26 Å². The third-order valence-corrected chi connectivity index (χ3v) is 3.69. The summed E-state index contributed by atoms with van der Waals surface area (Å²) in [6.45, 7) is 0.279. The van der Waals surface area contributed by atoms with Gasteiger partial charge in [0.05, 0.1) is 12.1 Å². The van der Waals surface area contributed by atoms with Gasteiger partial charge in [-0.1, -0.05) is 27.5 Å². The Morgan fingerprint density at radius 3 is 2.81 bits per heavy atom. The molecule has 0 unspecified atom stereocenters. The molecule has 0 aliphatic rings. The average molecular weight is 368 g/mol. The number of alkyl halides is 1. The van der Waals surface area contributed by atoms with Crippen LogP contribution < -0.4 is 9.47 Å². The number of methoxy groups -OCH3 is 1. The van der Waals surface area contributed by atoms with Crippen LogP contribution in [0, 0.1) is 11.3 Å². The molecule has 0 bridgehead atoms. The molecule has 0 saturated heterocycles. The minimum absolute atomic E-state index is 0.279. The molecule has 1 heterocycles. The van der Waals surface area contributed by atoms with Gasteiger partial charge in [-0.3, -0.25) is 0 Å². The highest BCUT2D eigenvalue weighted by atomic mass is 79.9. The normalized spacial score (nSPS) is 10.0. The van der Waals surface area contributed by atoms with E-state index in [0.717, 1.165) is 11.1 Å². The first-order valence-electron chi connectivity index (χ1n) is 6.08. The van der Waals surface area contributed by atoms with Gasteiger partial charge in [0, 0.05) is 11.5 Å². The van der Waals surface area contributed by atoms with Crippen molar-refractivity contribution in [2.45, 2.75) is 11.9 Å². The largest absolute Gasteiger partial charge is 0.493 e. The number of nitrogens with zero attached hydrogens (tertiary/aromatic N) is 2. The van der Waals surface area contributed by atoms with Crippen molar-refractivity contribution in [2.24, 2.45) is 0 Å². The summed E-state index contributed by atoms with van der Waals surface area (Å²) in [5.41, 5.74) is 2.19. The summed E-state index contributed by atoms with van der Waals surface area (Å²) in [5.74, 6) is 1.06. The molecule has 0 N–H and O–H groups in total. The molecular formula is C15H12BrClN2O2. The number of halogens is 2. The van der Waals surface area contributed by atoms with Crippen molar-refractivity contribution in [1.82, 2.24) is 4.98 Å². The van der Waals surface area contributed by atoms with Crippen molar-refractivity contribution in [2.75, 3.05) is 7.11 Å². The lowest BCUT2D eigenvalue weighted by Crippen LogP contribution is -2.00. The summed E-state index contributed by atoms with van der Waals surface area (Å²) >= 11 is 9.60. The van der Waals surface area contributed by atoms with Crippen molar-refractivity contribution < 1.29 is 9.47 Å². The lowest BCUT2D eigenvalue weighted by molar-refractivity contribution is 0.284. The van der Waals surface area contributed by atoms with Crippen LogP contribution in [0.5, 0.6) is 11.5 Å². The second kappa shape index (κ2) is 7.30. The first-order valence-corrected chi connectivity index (χ1v) is 7.58. The maximum absolute atomic E-state index is 8.83. The fourth-order valence-electron chi connectivity index (χ4n) is 1.77. The van der Waals surface area contributed by atoms with E-state index in [2.05, 4.69) is 20.9 Å². The molecule has 0 radical (unpaired) electrons. The molecule has 2 aromatic rings. The molecule has 0 amide bonds. The summed E-state index contributed by atoms with van der Waals surface area (Å²) in [6.07, 6.45) is 1.57. The third kappa shape index (κ3) is 3.87. The first kappa shape index (κ1) is 15.6. The highest BCUT2D eigenvalue weighted by Gasteiger charge is 2.12. The highest BCUT2D eigenvalue weighted by Crippen LogP contribution is 2.37. The van der Waals surface area contributed by atoms with Gasteiger partial charge in [0.15, 0.2) is 11.5 Å². The van der Waals surface area contributed by atoms with E-state index in [1.807, 2.05) is 18.2 Å². The summed E-state index contributed by atoms with van der Waals surface area (Å²) in [5, 5.41) is 10.00. The summed E-state index contributed by atoms with van der Waals surface area (Å²) in [7, 11) is 1.57. The Morgan fingerprint density at radius 1 is 1.33 bits per heavy atom. The first-order chi connectivity index (χ1) is 10.2. The predicted octanol–water partition coefficient (Wildman–Crippen LogP) is 4.09. The average Bonchev–Trinajstić information content (AvgIpc) is 2.53. The van der Waals surface area contributed by atoms with Crippen LogP contribution in [0.4, 0.5) is 0 Å². The number of benzene rings is 1. The van der Waals surface area contributed by atoms with Gasteiger partial charge >= 0.3 is 0 Å². The van der Waals surface area contributed by atoms with E-state index in [-0.39, 0.29) is 6.61 Å². The molecule has 2 rings (SSSR count). The molecule has 0 spiro atoms. The van der Waals surface area contributed by atoms with E-state index in [4.69, 9.17) is 26.3 Å². The van der Waals surface area contributed by atoms with Gasteiger partial charge in [-0.05, 0) is 35.4 Å². The lowest BCUT2D eigenvalue weighted by atomic mass is 10.2. The van der Waals surface area contributed by atoms with Gasteiger partial charge in [0.2, 0.25) is 0 Å². The monoisotopic (exact) mass is 366 g/mol. The van der Waals surface area contributed by atoms with Crippen molar-refractivity contribution in [3.63, 3.8) is 0 Å². The van der Waals surface area contributed by atoms with E-state index >= 15 is 0 Å². The molecule has 0 aliphatic heterocycles. The minimum Gasteiger partial charge on any atom is -0.493 e. The number of hydrogen-bond donors (Lipinski definition) is 0. The zero-order valence-electron chi connectivity index (χ0n) is 11.3. The Morgan fingerprint density at radius 2 is 2.14 bits per heavy atom. The van der Waals surface area contributed by atoms with Gasteiger partial charge in [-0.15, -0.1) is 0 Å². The topological polar surface area (TPSA) is 55.1 Å². The van der Waals surface area contributed by atoms with Gasteiger partial charge in [-0.25, -0.2) is 4.98 Å². The second-order valence-electron chi connectivity index (χ2n) is 4.19. The van der Waals surface area contributed by atoms with Crippen LogP contribution in [0.15, 0.2) is 30.5 Å². The summed E-state index contributed by atoms with van der Waals surface area (Å²) in [4.78, 5) is 3.91. The van der Waals surface area contributed by atoms with E-state index in [9.17, 15) is 0 Å². The zero-order valence-corrected chi connectivity index (χ0v) is 13.6. The van der Waals surface area contributed by atoms with Crippen LogP contribution in [0.25, 0.3) is 0 Å². The van der Waals surface area contributed by atoms with Crippen molar-refractivity contribution in [3.8, 4) is 17.6 Å². The van der Waals surface area contributed by atoms with E-state index < -0.39 is 0 Å². The Labute approximate surface area is 136 Å². The van der Waals surface area contributed by atoms with Crippen LogP contribution in [0.1, 0.15) is 16.8 Å². The van der Waals surface area contributed by atoms with Crippen molar-refractivity contribution >= 4 is 27.5 Å². The molecule has 0 aliphatic carbocycles. The van der Waals surface area contributed by atoms with Gasteiger partial charge in [0.25, 0.3) is 0 Å². The molecule has 0 fully saturated rings. The fourth-order valence-corrected chi connectivity index (χ4v) is 2.38. The minimum atomic E-state index is 0.279. The molecule has 1 aromatic heterocycles. The van der Waals surface area contributed by atoms with E-state index in [0.29, 0.717) is 27.5 Å². The molecule has 4 nitrogen and oxygen atoms in total. The van der Waals surface area contributed by atoms with Crippen LogP contribution in [0.3, 0.4) is 0 Å². The molecular weight excluding hydrogens is 356 g/mol. The molecule has 0 atom stereocenters.